The number of rotatable bonds is 2. The molecule has 0 unspecified atom stereocenters. The maximum absolute atomic E-state index is 10.2. The van der Waals surface area contributed by atoms with Crippen LogP contribution in [-0.2, 0) is 5.41 Å². The topological polar surface area (TPSA) is 81.5 Å². The SMILES string of the molecule is COc1cc(C(C)(C)C)c(O)cc1-c1cc(N)on1. The third-order valence-electron chi connectivity index (χ3n) is 2.93. The molecule has 0 spiro atoms. The molecule has 0 aliphatic heterocycles. The summed E-state index contributed by atoms with van der Waals surface area (Å²) in [5.41, 5.74) is 7.32. The molecule has 3 N–H and O–H groups in total. The number of nitrogen functional groups attached to an aromatic ring is 1. The summed E-state index contributed by atoms with van der Waals surface area (Å²) in [5.74, 6) is 1.04. The number of benzene rings is 1. The lowest BCUT2D eigenvalue weighted by Crippen LogP contribution is -2.11. The summed E-state index contributed by atoms with van der Waals surface area (Å²) in [4.78, 5) is 0. The number of methoxy groups -OCH3 is 1. The van der Waals surface area contributed by atoms with Gasteiger partial charge < -0.3 is 20.1 Å². The van der Waals surface area contributed by atoms with E-state index in [4.69, 9.17) is 15.0 Å². The van der Waals surface area contributed by atoms with Gasteiger partial charge in [-0.05, 0) is 17.5 Å². The molecule has 0 amide bonds. The lowest BCUT2D eigenvalue weighted by molar-refractivity contribution is 0.405. The van der Waals surface area contributed by atoms with E-state index in [-0.39, 0.29) is 17.0 Å². The van der Waals surface area contributed by atoms with Gasteiger partial charge in [-0.3, -0.25) is 0 Å². The van der Waals surface area contributed by atoms with Crippen molar-refractivity contribution < 1.29 is 14.4 Å². The molecule has 5 nitrogen and oxygen atoms in total. The summed E-state index contributed by atoms with van der Waals surface area (Å²) in [6.45, 7) is 6.07. The maximum atomic E-state index is 10.2. The number of ether oxygens (including phenoxy) is 1. The molecular weight excluding hydrogens is 244 g/mol. The molecule has 0 aliphatic rings. The van der Waals surface area contributed by atoms with E-state index < -0.39 is 0 Å². The van der Waals surface area contributed by atoms with Gasteiger partial charge in [0, 0.05) is 17.2 Å². The second-order valence-electron chi connectivity index (χ2n) is 5.43. The fourth-order valence-corrected chi connectivity index (χ4v) is 1.95. The Kier molecular flexibility index (Phi) is 3.14. The van der Waals surface area contributed by atoms with Gasteiger partial charge in [-0.2, -0.15) is 0 Å². The zero-order valence-electron chi connectivity index (χ0n) is 11.5. The van der Waals surface area contributed by atoms with Crippen LogP contribution in [0.4, 0.5) is 5.88 Å². The molecule has 2 rings (SSSR count). The first kappa shape index (κ1) is 13.3. The minimum absolute atomic E-state index is 0.182. The van der Waals surface area contributed by atoms with Crippen molar-refractivity contribution in [3.05, 3.63) is 23.8 Å². The van der Waals surface area contributed by atoms with E-state index >= 15 is 0 Å². The number of nitrogens with two attached hydrogens (primary N) is 1. The van der Waals surface area contributed by atoms with Crippen molar-refractivity contribution >= 4 is 5.88 Å². The molecule has 0 fully saturated rings. The van der Waals surface area contributed by atoms with E-state index in [0.717, 1.165) is 5.56 Å². The average Bonchev–Trinajstić information content (AvgIpc) is 2.73. The van der Waals surface area contributed by atoms with Crippen LogP contribution in [0.3, 0.4) is 0 Å². The van der Waals surface area contributed by atoms with Gasteiger partial charge in [0.25, 0.3) is 0 Å². The van der Waals surface area contributed by atoms with Crippen molar-refractivity contribution in [3.63, 3.8) is 0 Å². The molecule has 0 atom stereocenters. The van der Waals surface area contributed by atoms with E-state index in [9.17, 15) is 5.11 Å². The highest BCUT2D eigenvalue weighted by atomic mass is 16.5. The molecule has 0 bridgehead atoms. The Labute approximate surface area is 112 Å². The first-order chi connectivity index (χ1) is 8.82. The summed E-state index contributed by atoms with van der Waals surface area (Å²) < 4.78 is 10.2. The zero-order chi connectivity index (χ0) is 14.2. The van der Waals surface area contributed by atoms with E-state index in [2.05, 4.69) is 5.16 Å². The van der Waals surface area contributed by atoms with Crippen LogP contribution in [0.25, 0.3) is 11.3 Å². The normalized spacial score (nSPS) is 11.6. The predicted molar refractivity (Wildman–Crippen MR) is 73.3 cm³/mol. The molecule has 1 aromatic carbocycles. The fourth-order valence-electron chi connectivity index (χ4n) is 1.95. The van der Waals surface area contributed by atoms with Crippen molar-refractivity contribution in [2.24, 2.45) is 0 Å². The summed E-state index contributed by atoms with van der Waals surface area (Å²) in [5, 5.41) is 14.0. The molecular formula is C14H18N2O3. The smallest absolute Gasteiger partial charge is 0.222 e. The molecule has 102 valence electrons. The summed E-state index contributed by atoms with van der Waals surface area (Å²) in [6, 6.07) is 5.03. The number of aromatic hydroxyl groups is 1. The molecule has 19 heavy (non-hydrogen) atoms. The van der Waals surface area contributed by atoms with Gasteiger partial charge in [0.2, 0.25) is 5.88 Å². The number of hydrogen-bond donors (Lipinski definition) is 2. The van der Waals surface area contributed by atoms with Gasteiger partial charge in [-0.25, -0.2) is 0 Å². The second-order valence-corrected chi connectivity index (χ2v) is 5.43. The van der Waals surface area contributed by atoms with Crippen LogP contribution in [0.5, 0.6) is 11.5 Å². The van der Waals surface area contributed by atoms with Gasteiger partial charge in [0.1, 0.15) is 17.2 Å². The Morgan fingerprint density at radius 3 is 2.42 bits per heavy atom. The van der Waals surface area contributed by atoms with Crippen LogP contribution < -0.4 is 10.5 Å². The van der Waals surface area contributed by atoms with E-state index in [1.807, 2.05) is 26.8 Å². The monoisotopic (exact) mass is 262 g/mol. The van der Waals surface area contributed by atoms with Gasteiger partial charge in [0.05, 0.1) is 7.11 Å². The highest BCUT2D eigenvalue weighted by molar-refractivity contribution is 5.71. The third-order valence-corrected chi connectivity index (χ3v) is 2.93. The minimum Gasteiger partial charge on any atom is -0.508 e. The quantitative estimate of drug-likeness (QED) is 0.869. The molecule has 0 radical (unpaired) electrons. The van der Waals surface area contributed by atoms with E-state index in [1.165, 1.54) is 0 Å². The third kappa shape index (κ3) is 2.50. The summed E-state index contributed by atoms with van der Waals surface area (Å²) >= 11 is 0. The zero-order valence-corrected chi connectivity index (χ0v) is 11.5. The number of aromatic nitrogens is 1. The van der Waals surface area contributed by atoms with Gasteiger partial charge >= 0.3 is 0 Å². The molecule has 0 saturated carbocycles. The Hall–Kier alpha value is -2.17. The molecule has 0 aliphatic carbocycles. The number of nitrogens with zero attached hydrogens (tertiary/aromatic N) is 1. The first-order valence-electron chi connectivity index (χ1n) is 5.97. The van der Waals surface area contributed by atoms with Crippen molar-refractivity contribution in [3.8, 4) is 22.8 Å². The molecule has 5 heteroatoms. The maximum Gasteiger partial charge on any atom is 0.222 e. The standard InChI is InChI=1S/C14H18N2O3/c1-14(2,3)9-6-12(18-4)8(5-11(9)17)10-7-13(15)19-16-10/h5-7,17H,15H2,1-4H3. The van der Waals surface area contributed by atoms with Crippen molar-refractivity contribution in [1.29, 1.82) is 0 Å². The van der Waals surface area contributed by atoms with Crippen LogP contribution in [0.15, 0.2) is 22.7 Å². The first-order valence-corrected chi connectivity index (χ1v) is 5.97. The van der Waals surface area contributed by atoms with Crippen molar-refractivity contribution in [1.82, 2.24) is 5.16 Å². The lowest BCUT2D eigenvalue weighted by atomic mass is 9.85. The number of phenols is 1. The number of anilines is 1. The number of hydrogen-bond acceptors (Lipinski definition) is 5. The molecule has 0 saturated heterocycles. The predicted octanol–water partition coefficient (Wildman–Crippen LogP) is 2.94. The lowest BCUT2D eigenvalue weighted by Gasteiger charge is -2.22. The Balaban J connectivity index is 2.61. The van der Waals surface area contributed by atoms with Crippen LogP contribution in [0.1, 0.15) is 26.3 Å². The Morgan fingerprint density at radius 2 is 1.95 bits per heavy atom. The largest absolute Gasteiger partial charge is 0.508 e. The summed E-state index contributed by atoms with van der Waals surface area (Å²) in [6.07, 6.45) is 0. The van der Waals surface area contributed by atoms with Gasteiger partial charge in [0.15, 0.2) is 0 Å². The van der Waals surface area contributed by atoms with E-state index in [0.29, 0.717) is 17.0 Å². The Morgan fingerprint density at radius 1 is 1.26 bits per heavy atom. The van der Waals surface area contributed by atoms with Gasteiger partial charge in [-0.1, -0.05) is 25.9 Å². The van der Waals surface area contributed by atoms with Crippen molar-refractivity contribution in [2.45, 2.75) is 26.2 Å². The highest BCUT2D eigenvalue weighted by Crippen LogP contribution is 2.40. The van der Waals surface area contributed by atoms with Crippen molar-refractivity contribution in [2.75, 3.05) is 12.8 Å². The molecule has 1 heterocycles. The van der Waals surface area contributed by atoms with Crippen LogP contribution in [0.2, 0.25) is 0 Å². The summed E-state index contributed by atoms with van der Waals surface area (Å²) in [7, 11) is 1.58. The highest BCUT2D eigenvalue weighted by Gasteiger charge is 2.22. The van der Waals surface area contributed by atoms with Gasteiger partial charge in [-0.15, -0.1) is 0 Å². The van der Waals surface area contributed by atoms with Crippen LogP contribution >= 0.6 is 0 Å². The average molecular weight is 262 g/mol. The minimum atomic E-state index is -0.182. The Bertz CT molecular complexity index is 597. The molecule has 2 aromatic rings. The number of phenolic OH excluding ortho intramolecular Hbond substituents is 1. The second kappa shape index (κ2) is 4.50. The van der Waals surface area contributed by atoms with Crippen LogP contribution in [0, 0.1) is 0 Å². The fraction of sp³-hybridized carbons (Fsp3) is 0.357. The van der Waals surface area contributed by atoms with Crippen LogP contribution in [-0.4, -0.2) is 17.4 Å². The van der Waals surface area contributed by atoms with E-state index in [1.54, 1.807) is 19.2 Å². The molecule has 1 aromatic heterocycles.